The Labute approximate surface area is 137 Å². The van der Waals surface area contributed by atoms with Gasteiger partial charge in [0.1, 0.15) is 31.1 Å². The number of rotatable bonds is 7. The third-order valence-corrected chi connectivity index (χ3v) is 3.41. The number of allylic oxidation sites excluding steroid dienone is 1. The summed E-state index contributed by atoms with van der Waals surface area (Å²) in [6.45, 7) is 6.22. The van der Waals surface area contributed by atoms with Gasteiger partial charge in [0, 0.05) is 5.41 Å². The molecule has 2 rings (SSSR count). The molecule has 0 radical (unpaired) electrons. The summed E-state index contributed by atoms with van der Waals surface area (Å²) in [6.07, 6.45) is 7.48. The molecule has 0 bridgehead atoms. The summed E-state index contributed by atoms with van der Waals surface area (Å²) in [5.41, 5.74) is -0.426. The van der Waals surface area contributed by atoms with E-state index in [1.807, 2.05) is 63.3 Å². The van der Waals surface area contributed by atoms with Crippen LogP contribution >= 0.6 is 0 Å². The Morgan fingerprint density at radius 1 is 1.26 bits per heavy atom. The smallest absolute Gasteiger partial charge is 0.163 e. The molecule has 0 spiro atoms. The Hall–Kier alpha value is -2.43. The van der Waals surface area contributed by atoms with Gasteiger partial charge in [0.25, 0.3) is 0 Å². The van der Waals surface area contributed by atoms with Gasteiger partial charge in [0.05, 0.1) is 0 Å². The van der Waals surface area contributed by atoms with Gasteiger partial charge in [0.2, 0.25) is 0 Å². The van der Waals surface area contributed by atoms with Crippen molar-refractivity contribution in [3.05, 3.63) is 55.1 Å². The number of para-hydroxylation sites is 1. The summed E-state index contributed by atoms with van der Waals surface area (Å²) in [5, 5.41) is 4.12. The highest BCUT2D eigenvalue weighted by atomic mass is 16.5. The molecule has 5 heteroatoms. The largest absolute Gasteiger partial charge is 0.490 e. The first-order valence-electron chi connectivity index (χ1n) is 7.70. The number of aromatic nitrogens is 3. The standard InChI is InChI=1S/C18H23N3O2/c1-18(2,3)17(22)16(21-14-19-13-20-21)11-7-8-12-23-15-9-5-4-6-10-15/h4-10,13-14,16H,11-12H2,1-3H3. The summed E-state index contributed by atoms with van der Waals surface area (Å²) in [5.74, 6) is 0.965. The van der Waals surface area contributed by atoms with Crippen LogP contribution in [0.15, 0.2) is 55.1 Å². The molecular formula is C18H23N3O2. The van der Waals surface area contributed by atoms with Crippen LogP contribution < -0.4 is 4.74 Å². The van der Waals surface area contributed by atoms with Crippen LogP contribution in [0.2, 0.25) is 0 Å². The minimum absolute atomic E-state index is 0.136. The van der Waals surface area contributed by atoms with Gasteiger partial charge >= 0.3 is 0 Å². The van der Waals surface area contributed by atoms with E-state index in [0.29, 0.717) is 13.0 Å². The first-order valence-corrected chi connectivity index (χ1v) is 7.70. The summed E-state index contributed by atoms with van der Waals surface area (Å²) < 4.78 is 7.22. The predicted molar refractivity (Wildman–Crippen MR) is 89.2 cm³/mol. The number of nitrogens with zero attached hydrogens (tertiary/aromatic N) is 3. The van der Waals surface area contributed by atoms with E-state index in [4.69, 9.17) is 4.74 Å². The summed E-state index contributed by atoms with van der Waals surface area (Å²) >= 11 is 0. The average molecular weight is 313 g/mol. The lowest BCUT2D eigenvalue weighted by molar-refractivity contribution is -0.129. The molecule has 0 aliphatic carbocycles. The fourth-order valence-electron chi connectivity index (χ4n) is 2.17. The number of Topliss-reactive ketones (excluding diaryl/α,β-unsaturated/α-hetero) is 1. The molecule has 5 nitrogen and oxygen atoms in total. The van der Waals surface area contributed by atoms with E-state index >= 15 is 0 Å². The summed E-state index contributed by atoms with van der Waals surface area (Å²) in [4.78, 5) is 16.5. The van der Waals surface area contributed by atoms with Gasteiger partial charge < -0.3 is 4.74 Å². The molecule has 0 aliphatic rings. The molecule has 1 aromatic heterocycles. The van der Waals surface area contributed by atoms with E-state index in [0.717, 1.165) is 5.75 Å². The lowest BCUT2D eigenvalue weighted by Gasteiger charge is -2.23. The number of benzene rings is 1. The SMILES string of the molecule is CC(C)(C)C(=O)C(CC=CCOc1ccccc1)n1cncn1. The second kappa shape index (κ2) is 7.72. The Morgan fingerprint density at radius 2 is 2.00 bits per heavy atom. The van der Waals surface area contributed by atoms with Crippen LogP contribution in [0.1, 0.15) is 33.2 Å². The normalized spacial score (nSPS) is 13.2. The topological polar surface area (TPSA) is 57.0 Å². The highest BCUT2D eigenvalue weighted by Gasteiger charge is 2.30. The second-order valence-corrected chi connectivity index (χ2v) is 6.34. The molecule has 0 amide bonds. The van der Waals surface area contributed by atoms with E-state index in [1.54, 1.807) is 11.0 Å². The Balaban J connectivity index is 1.93. The van der Waals surface area contributed by atoms with E-state index in [-0.39, 0.29) is 11.8 Å². The zero-order valence-electron chi connectivity index (χ0n) is 13.8. The fourth-order valence-corrected chi connectivity index (χ4v) is 2.17. The molecule has 1 atom stereocenters. The van der Waals surface area contributed by atoms with E-state index in [9.17, 15) is 4.79 Å². The van der Waals surface area contributed by atoms with E-state index < -0.39 is 5.41 Å². The van der Waals surface area contributed by atoms with Gasteiger partial charge in [-0.05, 0) is 18.6 Å². The van der Waals surface area contributed by atoms with Crippen molar-refractivity contribution in [2.75, 3.05) is 6.61 Å². The lowest BCUT2D eigenvalue weighted by Crippen LogP contribution is -2.30. The van der Waals surface area contributed by atoms with Crippen molar-refractivity contribution in [3.8, 4) is 5.75 Å². The summed E-state index contributed by atoms with van der Waals surface area (Å²) in [6, 6.07) is 9.29. The number of ketones is 1. The number of carbonyl (C=O) groups excluding carboxylic acids is 1. The number of hydrogen-bond donors (Lipinski definition) is 0. The van der Waals surface area contributed by atoms with Crippen LogP contribution in [0, 0.1) is 5.41 Å². The van der Waals surface area contributed by atoms with Gasteiger partial charge in [-0.1, -0.05) is 51.1 Å². The second-order valence-electron chi connectivity index (χ2n) is 6.34. The maximum absolute atomic E-state index is 12.6. The maximum Gasteiger partial charge on any atom is 0.163 e. The van der Waals surface area contributed by atoms with E-state index in [2.05, 4.69) is 10.1 Å². The predicted octanol–water partition coefficient (Wildman–Crippen LogP) is 3.46. The van der Waals surface area contributed by atoms with Crippen molar-refractivity contribution in [1.82, 2.24) is 14.8 Å². The van der Waals surface area contributed by atoms with Crippen molar-refractivity contribution < 1.29 is 9.53 Å². The van der Waals surface area contributed by atoms with Crippen LogP contribution in [0.4, 0.5) is 0 Å². The van der Waals surface area contributed by atoms with Crippen LogP contribution in [0.3, 0.4) is 0 Å². The number of ether oxygens (including phenoxy) is 1. The summed E-state index contributed by atoms with van der Waals surface area (Å²) in [7, 11) is 0. The molecule has 0 aliphatic heterocycles. The Morgan fingerprint density at radius 3 is 2.61 bits per heavy atom. The lowest BCUT2D eigenvalue weighted by atomic mass is 9.85. The van der Waals surface area contributed by atoms with Crippen LogP contribution in [0.25, 0.3) is 0 Å². The highest BCUT2D eigenvalue weighted by molar-refractivity contribution is 5.87. The minimum atomic E-state index is -0.426. The molecular weight excluding hydrogens is 290 g/mol. The maximum atomic E-state index is 12.6. The molecule has 0 saturated carbocycles. The molecule has 2 aromatic rings. The van der Waals surface area contributed by atoms with Crippen LogP contribution in [0.5, 0.6) is 5.75 Å². The molecule has 1 unspecified atom stereocenters. The third kappa shape index (κ3) is 5.06. The van der Waals surface area contributed by atoms with Crippen LogP contribution in [-0.4, -0.2) is 27.2 Å². The molecule has 1 aromatic carbocycles. The van der Waals surface area contributed by atoms with Crippen molar-refractivity contribution >= 4 is 5.78 Å². The number of hydrogen-bond acceptors (Lipinski definition) is 4. The van der Waals surface area contributed by atoms with E-state index in [1.165, 1.54) is 6.33 Å². The van der Waals surface area contributed by atoms with Gasteiger partial charge in [0.15, 0.2) is 5.78 Å². The fraction of sp³-hybridized carbons (Fsp3) is 0.389. The van der Waals surface area contributed by atoms with Crippen LogP contribution in [-0.2, 0) is 4.79 Å². The monoisotopic (exact) mass is 313 g/mol. The first kappa shape index (κ1) is 16.9. The highest BCUT2D eigenvalue weighted by Crippen LogP contribution is 2.25. The average Bonchev–Trinajstić information content (AvgIpc) is 3.04. The van der Waals surface area contributed by atoms with Gasteiger partial charge in [-0.25, -0.2) is 9.67 Å². The zero-order valence-corrected chi connectivity index (χ0v) is 13.8. The first-order chi connectivity index (χ1) is 11.0. The molecule has 122 valence electrons. The minimum Gasteiger partial charge on any atom is -0.490 e. The molecule has 23 heavy (non-hydrogen) atoms. The molecule has 0 saturated heterocycles. The zero-order chi connectivity index (χ0) is 16.7. The molecule has 0 N–H and O–H groups in total. The quantitative estimate of drug-likeness (QED) is 0.735. The van der Waals surface area contributed by atoms with Gasteiger partial charge in [-0.2, -0.15) is 5.10 Å². The Kier molecular flexibility index (Phi) is 5.68. The van der Waals surface area contributed by atoms with Crippen molar-refractivity contribution in [3.63, 3.8) is 0 Å². The number of carbonyl (C=O) groups is 1. The van der Waals surface area contributed by atoms with Gasteiger partial charge in [-0.3, -0.25) is 4.79 Å². The molecule has 0 fully saturated rings. The van der Waals surface area contributed by atoms with Crippen molar-refractivity contribution in [1.29, 1.82) is 0 Å². The van der Waals surface area contributed by atoms with Crippen molar-refractivity contribution in [2.24, 2.45) is 5.41 Å². The van der Waals surface area contributed by atoms with Gasteiger partial charge in [-0.15, -0.1) is 0 Å². The molecule has 1 heterocycles. The third-order valence-electron chi connectivity index (χ3n) is 3.41. The Bertz CT molecular complexity index is 628. The van der Waals surface area contributed by atoms with Crippen molar-refractivity contribution in [2.45, 2.75) is 33.2 Å².